The summed E-state index contributed by atoms with van der Waals surface area (Å²) in [6.45, 7) is 3.67. The van der Waals surface area contributed by atoms with Crippen LogP contribution in [0.5, 0.6) is 0 Å². The Kier molecular flexibility index (Phi) is 3.53. The molecule has 2 rings (SSSR count). The number of nitrogens with zero attached hydrogens (tertiary/aromatic N) is 2. The average molecular weight is 278 g/mol. The van der Waals surface area contributed by atoms with Crippen molar-refractivity contribution in [2.75, 3.05) is 5.32 Å². The van der Waals surface area contributed by atoms with Crippen molar-refractivity contribution in [2.45, 2.75) is 13.8 Å². The van der Waals surface area contributed by atoms with Gasteiger partial charge in [-0.05, 0) is 37.6 Å². The van der Waals surface area contributed by atoms with Crippen LogP contribution in [0, 0.1) is 19.7 Å². The fourth-order valence-corrected chi connectivity index (χ4v) is 2.24. The number of halogens is 1. The van der Waals surface area contributed by atoms with E-state index in [1.54, 1.807) is 17.8 Å². The smallest absolute Gasteiger partial charge is 0.138 e. The lowest BCUT2D eigenvalue weighted by molar-refractivity contribution is 0.627. The Morgan fingerprint density at radius 1 is 1.42 bits per heavy atom. The molecule has 0 atom stereocenters. The first kappa shape index (κ1) is 13.5. The molecule has 0 aliphatic rings. The lowest BCUT2D eigenvalue weighted by Crippen LogP contribution is -2.13. The highest BCUT2D eigenvalue weighted by molar-refractivity contribution is 7.80. The van der Waals surface area contributed by atoms with E-state index >= 15 is 0 Å². The van der Waals surface area contributed by atoms with Gasteiger partial charge < -0.3 is 11.1 Å². The third-order valence-corrected chi connectivity index (χ3v) is 3.11. The van der Waals surface area contributed by atoms with Crippen LogP contribution in [0.3, 0.4) is 0 Å². The van der Waals surface area contributed by atoms with Gasteiger partial charge in [-0.1, -0.05) is 12.2 Å². The number of hydrogen-bond acceptors (Lipinski definition) is 3. The number of aryl methyl sites for hydroxylation is 3. The van der Waals surface area contributed by atoms with Crippen molar-refractivity contribution in [3.63, 3.8) is 0 Å². The molecule has 0 radical (unpaired) electrons. The summed E-state index contributed by atoms with van der Waals surface area (Å²) < 4.78 is 14.8. The van der Waals surface area contributed by atoms with E-state index in [-0.39, 0.29) is 10.8 Å². The van der Waals surface area contributed by atoms with Gasteiger partial charge in [0.25, 0.3) is 0 Å². The van der Waals surface area contributed by atoms with Gasteiger partial charge in [0.2, 0.25) is 0 Å². The normalized spacial score (nSPS) is 10.5. The zero-order valence-corrected chi connectivity index (χ0v) is 11.8. The molecule has 1 aromatic carbocycles. The van der Waals surface area contributed by atoms with Crippen molar-refractivity contribution < 1.29 is 4.39 Å². The second-order valence-corrected chi connectivity index (χ2v) is 4.82. The fraction of sp³-hybridized carbons (Fsp3) is 0.231. The van der Waals surface area contributed by atoms with E-state index in [4.69, 9.17) is 18.0 Å². The summed E-state index contributed by atoms with van der Waals surface area (Å²) in [6, 6.07) is 4.54. The predicted octanol–water partition coefficient (Wildman–Crippen LogP) is 2.55. The number of thiocarbonyl (C=S) groups is 1. The molecule has 100 valence electrons. The molecule has 0 amide bonds. The van der Waals surface area contributed by atoms with Gasteiger partial charge in [-0.2, -0.15) is 5.10 Å². The molecule has 0 bridgehead atoms. The lowest BCUT2D eigenvalue weighted by atomic mass is 10.2. The number of aromatic nitrogens is 2. The highest BCUT2D eigenvalue weighted by Gasteiger charge is 2.16. The molecule has 1 aromatic heterocycles. The van der Waals surface area contributed by atoms with Crippen LogP contribution in [0.25, 0.3) is 0 Å². The van der Waals surface area contributed by atoms with Crippen molar-refractivity contribution in [1.29, 1.82) is 0 Å². The Morgan fingerprint density at radius 2 is 2.11 bits per heavy atom. The van der Waals surface area contributed by atoms with Gasteiger partial charge in [0.15, 0.2) is 0 Å². The molecule has 1 heterocycles. The van der Waals surface area contributed by atoms with Gasteiger partial charge in [-0.25, -0.2) is 4.39 Å². The van der Waals surface area contributed by atoms with Crippen molar-refractivity contribution in [3.05, 3.63) is 40.8 Å². The van der Waals surface area contributed by atoms with E-state index in [2.05, 4.69) is 10.4 Å². The fourth-order valence-electron chi connectivity index (χ4n) is 1.99. The summed E-state index contributed by atoms with van der Waals surface area (Å²) in [5.74, 6) is 0.443. The molecule has 6 heteroatoms. The molecule has 0 saturated heterocycles. The minimum atomic E-state index is -0.265. The average Bonchev–Trinajstić information content (AvgIpc) is 2.57. The molecule has 0 unspecified atom stereocenters. The number of nitrogens with one attached hydrogen (secondary N) is 1. The van der Waals surface area contributed by atoms with Gasteiger partial charge in [-0.3, -0.25) is 4.68 Å². The minimum Gasteiger partial charge on any atom is -0.389 e. The van der Waals surface area contributed by atoms with Crippen molar-refractivity contribution in [1.82, 2.24) is 9.78 Å². The summed E-state index contributed by atoms with van der Waals surface area (Å²) in [4.78, 5) is 0.285. The van der Waals surface area contributed by atoms with Gasteiger partial charge >= 0.3 is 0 Å². The third-order valence-electron chi connectivity index (χ3n) is 2.91. The summed E-state index contributed by atoms with van der Waals surface area (Å²) in [7, 11) is 1.80. The molecule has 0 spiro atoms. The molecule has 0 saturated carbocycles. The number of rotatable bonds is 3. The third kappa shape index (κ3) is 2.58. The highest BCUT2D eigenvalue weighted by atomic mass is 32.1. The Balaban J connectivity index is 2.46. The van der Waals surface area contributed by atoms with Crippen LogP contribution in [0.1, 0.15) is 16.8 Å². The molecular weight excluding hydrogens is 263 g/mol. The second-order valence-electron chi connectivity index (χ2n) is 4.38. The Labute approximate surface area is 116 Å². The molecule has 3 N–H and O–H groups in total. The largest absolute Gasteiger partial charge is 0.389 e. The van der Waals surface area contributed by atoms with Gasteiger partial charge in [-0.15, -0.1) is 0 Å². The van der Waals surface area contributed by atoms with Crippen LogP contribution in [0.2, 0.25) is 0 Å². The van der Waals surface area contributed by atoms with E-state index in [0.29, 0.717) is 11.4 Å². The van der Waals surface area contributed by atoms with E-state index in [1.165, 1.54) is 12.1 Å². The van der Waals surface area contributed by atoms with Gasteiger partial charge in [0.05, 0.1) is 11.3 Å². The number of hydrogen-bond donors (Lipinski definition) is 2. The summed E-state index contributed by atoms with van der Waals surface area (Å²) in [5, 5.41) is 7.49. The maximum Gasteiger partial charge on any atom is 0.138 e. The molecule has 19 heavy (non-hydrogen) atoms. The predicted molar refractivity (Wildman–Crippen MR) is 78.3 cm³/mol. The lowest BCUT2D eigenvalue weighted by Gasteiger charge is -2.11. The SMILES string of the molecule is Cc1cc(F)ccc1Nc1c(C(N)=S)c(C)nn1C. The zero-order chi connectivity index (χ0) is 14.2. The number of benzene rings is 1. The monoisotopic (exact) mass is 278 g/mol. The molecule has 2 aromatic rings. The highest BCUT2D eigenvalue weighted by Crippen LogP contribution is 2.25. The first-order valence-corrected chi connectivity index (χ1v) is 6.17. The maximum absolute atomic E-state index is 13.1. The standard InChI is InChI=1S/C13H15FN4S/c1-7-6-9(14)4-5-10(7)16-13-11(12(15)19)8(2)17-18(13)3/h4-6,16H,1-3H3,(H2,15,19). The zero-order valence-electron chi connectivity index (χ0n) is 11.0. The maximum atomic E-state index is 13.1. The quantitative estimate of drug-likeness (QED) is 0.847. The van der Waals surface area contributed by atoms with Crippen LogP contribution in [-0.4, -0.2) is 14.8 Å². The van der Waals surface area contributed by atoms with Crippen LogP contribution < -0.4 is 11.1 Å². The van der Waals surface area contributed by atoms with Gasteiger partial charge in [0, 0.05) is 12.7 Å². The van der Waals surface area contributed by atoms with Crippen LogP contribution in [0.15, 0.2) is 18.2 Å². The van der Waals surface area contributed by atoms with Crippen molar-refractivity contribution >= 4 is 28.7 Å². The first-order chi connectivity index (χ1) is 8.90. The first-order valence-electron chi connectivity index (χ1n) is 5.76. The Bertz CT molecular complexity index is 648. The second kappa shape index (κ2) is 4.97. The van der Waals surface area contributed by atoms with Crippen molar-refractivity contribution in [3.8, 4) is 0 Å². The van der Waals surface area contributed by atoms with Crippen molar-refractivity contribution in [2.24, 2.45) is 12.8 Å². The minimum absolute atomic E-state index is 0.265. The van der Waals surface area contributed by atoms with E-state index in [1.807, 2.05) is 13.8 Å². The van der Waals surface area contributed by atoms with E-state index in [0.717, 1.165) is 16.9 Å². The van der Waals surface area contributed by atoms with Gasteiger partial charge in [0.1, 0.15) is 16.6 Å². The van der Waals surface area contributed by atoms with Crippen LogP contribution >= 0.6 is 12.2 Å². The number of anilines is 2. The Morgan fingerprint density at radius 3 is 2.68 bits per heavy atom. The molecule has 0 aliphatic carbocycles. The molecular formula is C13H15FN4S. The van der Waals surface area contributed by atoms with Crippen LogP contribution in [0.4, 0.5) is 15.9 Å². The van der Waals surface area contributed by atoms with E-state index in [9.17, 15) is 4.39 Å². The Hall–Kier alpha value is -1.95. The molecule has 0 fully saturated rings. The summed E-state index contributed by atoms with van der Waals surface area (Å²) >= 11 is 5.04. The summed E-state index contributed by atoms with van der Waals surface area (Å²) in [6.07, 6.45) is 0. The van der Waals surface area contributed by atoms with Crippen LogP contribution in [-0.2, 0) is 7.05 Å². The molecule has 4 nitrogen and oxygen atoms in total. The number of nitrogens with two attached hydrogens (primary N) is 1. The topological polar surface area (TPSA) is 55.9 Å². The van der Waals surface area contributed by atoms with E-state index < -0.39 is 0 Å². The summed E-state index contributed by atoms with van der Waals surface area (Å²) in [5.41, 5.74) is 8.79. The molecule has 0 aliphatic heterocycles.